The van der Waals surface area contributed by atoms with Gasteiger partial charge in [-0.1, -0.05) is 0 Å². The first-order valence-electron chi connectivity index (χ1n) is 9.53. The molecule has 0 aliphatic heterocycles. The molecule has 0 radical (unpaired) electrons. The predicted molar refractivity (Wildman–Crippen MR) is 114 cm³/mol. The van der Waals surface area contributed by atoms with Gasteiger partial charge in [0.05, 0.1) is 38.9 Å². The van der Waals surface area contributed by atoms with Crippen LogP contribution in [0.25, 0.3) is 5.82 Å². The molecule has 30 heavy (non-hydrogen) atoms. The second kappa shape index (κ2) is 9.30. The first kappa shape index (κ1) is 21.2. The average Bonchev–Trinajstić information content (AvgIpc) is 3.09. The number of anilines is 1. The molecule has 0 saturated heterocycles. The zero-order valence-corrected chi connectivity index (χ0v) is 17.9. The van der Waals surface area contributed by atoms with Gasteiger partial charge in [-0.2, -0.15) is 5.10 Å². The quantitative estimate of drug-likeness (QED) is 0.612. The molecule has 1 N–H and O–H groups in total. The number of carbonyl (C=O) groups is 1. The Morgan fingerprint density at radius 1 is 1.03 bits per heavy atom. The van der Waals surface area contributed by atoms with Crippen molar-refractivity contribution < 1.29 is 19.0 Å². The Morgan fingerprint density at radius 2 is 1.73 bits per heavy atom. The van der Waals surface area contributed by atoms with E-state index in [9.17, 15) is 4.79 Å². The van der Waals surface area contributed by atoms with Gasteiger partial charge in [0.25, 0.3) is 0 Å². The largest absolute Gasteiger partial charge is 0.493 e. The summed E-state index contributed by atoms with van der Waals surface area (Å²) in [4.78, 5) is 16.8. The third kappa shape index (κ3) is 4.71. The van der Waals surface area contributed by atoms with Gasteiger partial charge in [0.15, 0.2) is 17.3 Å². The molecule has 158 valence electrons. The highest BCUT2D eigenvalue weighted by Gasteiger charge is 2.14. The van der Waals surface area contributed by atoms with Gasteiger partial charge in [0.1, 0.15) is 0 Å². The molecule has 0 saturated carbocycles. The smallest absolute Gasteiger partial charge is 0.224 e. The SMILES string of the molecule is COc1cc(CCC(=O)Nc2ccc(-n3nc(C)cc3C)nc2)cc(OC)c1OC. The van der Waals surface area contributed by atoms with E-state index in [-0.39, 0.29) is 5.91 Å². The van der Waals surface area contributed by atoms with Gasteiger partial charge in [0, 0.05) is 12.1 Å². The van der Waals surface area contributed by atoms with Crippen LogP contribution in [0.4, 0.5) is 5.69 Å². The minimum Gasteiger partial charge on any atom is -0.493 e. The van der Waals surface area contributed by atoms with Gasteiger partial charge in [-0.15, -0.1) is 0 Å². The molecule has 0 fully saturated rings. The van der Waals surface area contributed by atoms with Gasteiger partial charge < -0.3 is 19.5 Å². The van der Waals surface area contributed by atoms with Crippen molar-refractivity contribution in [2.45, 2.75) is 26.7 Å². The van der Waals surface area contributed by atoms with Crippen molar-refractivity contribution in [3.8, 4) is 23.1 Å². The summed E-state index contributed by atoms with van der Waals surface area (Å²) in [6.07, 6.45) is 2.46. The zero-order chi connectivity index (χ0) is 21.7. The number of benzene rings is 1. The van der Waals surface area contributed by atoms with Crippen molar-refractivity contribution in [3.63, 3.8) is 0 Å². The molecule has 8 heteroatoms. The molecule has 1 aromatic carbocycles. The number of aryl methyl sites for hydroxylation is 3. The number of nitrogens with one attached hydrogen (secondary N) is 1. The highest BCUT2D eigenvalue weighted by Crippen LogP contribution is 2.38. The highest BCUT2D eigenvalue weighted by atomic mass is 16.5. The molecule has 8 nitrogen and oxygen atoms in total. The number of carbonyl (C=O) groups excluding carboxylic acids is 1. The maximum Gasteiger partial charge on any atom is 0.224 e. The molecular weight excluding hydrogens is 384 g/mol. The van der Waals surface area contributed by atoms with E-state index in [1.165, 1.54) is 0 Å². The van der Waals surface area contributed by atoms with Crippen molar-refractivity contribution in [2.24, 2.45) is 0 Å². The summed E-state index contributed by atoms with van der Waals surface area (Å²) >= 11 is 0. The Morgan fingerprint density at radius 3 is 2.23 bits per heavy atom. The van der Waals surface area contributed by atoms with Crippen LogP contribution < -0.4 is 19.5 Å². The molecule has 0 aliphatic carbocycles. The molecule has 2 heterocycles. The number of hydrogen-bond donors (Lipinski definition) is 1. The highest BCUT2D eigenvalue weighted by molar-refractivity contribution is 5.90. The molecule has 1 amide bonds. The maximum absolute atomic E-state index is 12.4. The Hall–Kier alpha value is -3.55. The van der Waals surface area contributed by atoms with Gasteiger partial charge in [-0.25, -0.2) is 9.67 Å². The number of aromatic nitrogens is 3. The van der Waals surface area contributed by atoms with E-state index in [2.05, 4.69) is 15.4 Å². The summed E-state index contributed by atoms with van der Waals surface area (Å²) in [6, 6.07) is 9.32. The van der Waals surface area contributed by atoms with Crippen LogP contribution in [0.1, 0.15) is 23.4 Å². The summed E-state index contributed by atoms with van der Waals surface area (Å²) < 4.78 is 17.8. The Bertz CT molecular complexity index is 1000. The summed E-state index contributed by atoms with van der Waals surface area (Å²) in [6.45, 7) is 3.91. The van der Waals surface area contributed by atoms with Crippen LogP contribution in [-0.2, 0) is 11.2 Å². The molecule has 0 spiro atoms. The van der Waals surface area contributed by atoms with E-state index in [1.807, 2.05) is 44.2 Å². The lowest BCUT2D eigenvalue weighted by atomic mass is 10.1. The van der Waals surface area contributed by atoms with Crippen molar-refractivity contribution >= 4 is 11.6 Å². The van der Waals surface area contributed by atoms with Crippen LogP contribution in [0.5, 0.6) is 17.2 Å². The fourth-order valence-corrected chi connectivity index (χ4v) is 3.21. The molecule has 0 unspecified atom stereocenters. The lowest BCUT2D eigenvalue weighted by Crippen LogP contribution is -2.13. The lowest BCUT2D eigenvalue weighted by Gasteiger charge is -2.14. The monoisotopic (exact) mass is 410 g/mol. The standard InChI is InChI=1S/C22H26N4O4/c1-14-10-15(2)26(25-14)20-8-7-17(13-23-20)24-21(27)9-6-16-11-18(28-3)22(30-5)19(12-16)29-4/h7-8,10-13H,6,9H2,1-5H3,(H,24,27). The minimum atomic E-state index is -0.107. The first-order chi connectivity index (χ1) is 14.4. The number of hydrogen-bond acceptors (Lipinski definition) is 6. The van der Waals surface area contributed by atoms with E-state index < -0.39 is 0 Å². The van der Waals surface area contributed by atoms with Gasteiger partial charge in [-0.3, -0.25) is 4.79 Å². The third-order valence-corrected chi connectivity index (χ3v) is 4.62. The summed E-state index contributed by atoms with van der Waals surface area (Å²) in [5.74, 6) is 2.26. The maximum atomic E-state index is 12.4. The normalized spacial score (nSPS) is 10.6. The molecule has 0 bridgehead atoms. The number of pyridine rings is 1. The van der Waals surface area contributed by atoms with Crippen molar-refractivity contribution in [3.05, 3.63) is 53.5 Å². The molecule has 0 atom stereocenters. The van der Waals surface area contributed by atoms with E-state index in [0.29, 0.717) is 41.6 Å². The lowest BCUT2D eigenvalue weighted by molar-refractivity contribution is -0.116. The number of ether oxygens (including phenoxy) is 3. The molecular formula is C22H26N4O4. The van der Waals surface area contributed by atoms with Crippen LogP contribution >= 0.6 is 0 Å². The van der Waals surface area contributed by atoms with E-state index in [0.717, 1.165) is 17.0 Å². The van der Waals surface area contributed by atoms with Crippen LogP contribution in [0, 0.1) is 13.8 Å². The fraction of sp³-hybridized carbons (Fsp3) is 0.318. The zero-order valence-electron chi connectivity index (χ0n) is 17.9. The fourth-order valence-electron chi connectivity index (χ4n) is 3.21. The van der Waals surface area contributed by atoms with Crippen molar-refractivity contribution in [1.82, 2.24) is 14.8 Å². The first-order valence-corrected chi connectivity index (χ1v) is 9.53. The second-order valence-electron chi connectivity index (χ2n) is 6.83. The molecule has 0 aliphatic rings. The number of rotatable bonds is 8. The summed E-state index contributed by atoms with van der Waals surface area (Å²) in [5, 5.41) is 7.28. The topological polar surface area (TPSA) is 87.5 Å². The second-order valence-corrected chi connectivity index (χ2v) is 6.83. The van der Waals surface area contributed by atoms with Crippen LogP contribution in [0.3, 0.4) is 0 Å². The van der Waals surface area contributed by atoms with Crippen LogP contribution in [0.2, 0.25) is 0 Å². The number of amides is 1. The van der Waals surface area contributed by atoms with Gasteiger partial charge >= 0.3 is 0 Å². The Labute approximate surface area is 175 Å². The van der Waals surface area contributed by atoms with E-state index >= 15 is 0 Å². The molecule has 3 rings (SSSR count). The van der Waals surface area contributed by atoms with Gasteiger partial charge in [-0.05, 0) is 56.2 Å². The number of nitrogens with zero attached hydrogens (tertiary/aromatic N) is 3. The minimum absolute atomic E-state index is 0.107. The predicted octanol–water partition coefficient (Wildman–Crippen LogP) is 3.48. The van der Waals surface area contributed by atoms with Crippen LogP contribution in [-0.4, -0.2) is 42.0 Å². The third-order valence-electron chi connectivity index (χ3n) is 4.62. The summed E-state index contributed by atoms with van der Waals surface area (Å²) in [5.41, 5.74) is 3.48. The molecule has 3 aromatic rings. The molecule has 2 aromatic heterocycles. The van der Waals surface area contributed by atoms with E-state index in [1.54, 1.807) is 32.2 Å². The van der Waals surface area contributed by atoms with Crippen LogP contribution in [0.15, 0.2) is 36.5 Å². The van der Waals surface area contributed by atoms with Crippen molar-refractivity contribution in [2.75, 3.05) is 26.6 Å². The van der Waals surface area contributed by atoms with Gasteiger partial charge in [0.2, 0.25) is 11.7 Å². The Balaban J connectivity index is 1.63. The number of methoxy groups -OCH3 is 3. The van der Waals surface area contributed by atoms with Crippen molar-refractivity contribution in [1.29, 1.82) is 0 Å². The Kier molecular flexibility index (Phi) is 6.56. The summed E-state index contributed by atoms with van der Waals surface area (Å²) in [7, 11) is 4.69. The average molecular weight is 410 g/mol. The van der Waals surface area contributed by atoms with E-state index in [4.69, 9.17) is 14.2 Å².